The lowest BCUT2D eigenvalue weighted by molar-refractivity contribution is 0.0941. The van der Waals surface area contributed by atoms with Gasteiger partial charge in [-0.3, -0.25) is 4.79 Å². The molecule has 0 saturated heterocycles. The molecule has 3 aromatic heterocycles. The van der Waals surface area contributed by atoms with Crippen molar-refractivity contribution in [2.75, 3.05) is 5.73 Å². The topological polar surface area (TPSA) is 139 Å². The third-order valence-electron chi connectivity index (χ3n) is 5.18. The molecule has 2 aromatic carbocycles. The minimum Gasteiger partial charge on any atom is -0.399 e. The molecule has 0 aliphatic rings. The van der Waals surface area contributed by atoms with Gasteiger partial charge in [0.15, 0.2) is 11.6 Å². The Labute approximate surface area is 183 Å². The van der Waals surface area contributed by atoms with E-state index in [4.69, 9.17) is 10.3 Å². The number of benzene rings is 2. The fourth-order valence-electron chi connectivity index (χ4n) is 3.55. The maximum Gasteiger partial charge on any atom is 0.287 e. The summed E-state index contributed by atoms with van der Waals surface area (Å²) in [5.74, 6) is 1.02. The predicted molar refractivity (Wildman–Crippen MR) is 121 cm³/mol. The highest BCUT2D eigenvalue weighted by atomic mass is 16.5. The van der Waals surface area contributed by atoms with Gasteiger partial charge < -0.3 is 25.5 Å². The average Bonchev–Trinajstić information content (AvgIpc) is 3.50. The number of carbonyl (C=O) groups excluding carboxylic acids is 1. The Morgan fingerprint density at radius 2 is 1.88 bits per heavy atom. The van der Waals surface area contributed by atoms with Crippen LogP contribution in [0.1, 0.15) is 27.7 Å². The number of aromatic nitrogens is 5. The number of H-pyrrole nitrogens is 2. The van der Waals surface area contributed by atoms with Gasteiger partial charge in [-0.1, -0.05) is 23.4 Å². The molecule has 0 unspecified atom stereocenters. The van der Waals surface area contributed by atoms with Crippen LogP contribution in [0, 0.1) is 13.8 Å². The standard InChI is InChI=1S/C23H21N7O2/c1-12-20(29-21(26-12)22(31)25-11-14-3-6-17(24)7-4-14)15-5-8-18-16(9-15)10-19(28-18)23-27-13(2)30-32-23/h3-10,28H,11,24H2,1-2H3,(H,25,31)(H,26,29). The fourth-order valence-corrected chi connectivity index (χ4v) is 3.55. The summed E-state index contributed by atoms with van der Waals surface area (Å²) in [7, 11) is 0. The van der Waals surface area contributed by atoms with Crippen molar-refractivity contribution in [1.29, 1.82) is 0 Å². The number of nitrogens with zero attached hydrogens (tertiary/aromatic N) is 3. The van der Waals surface area contributed by atoms with Crippen molar-refractivity contribution < 1.29 is 9.32 Å². The van der Waals surface area contributed by atoms with Crippen LogP contribution in [0.25, 0.3) is 33.7 Å². The molecule has 0 atom stereocenters. The molecule has 5 rings (SSSR count). The number of hydrogen-bond donors (Lipinski definition) is 4. The Hall–Kier alpha value is -4.40. The van der Waals surface area contributed by atoms with Crippen molar-refractivity contribution in [3.05, 3.63) is 71.4 Å². The van der Waals surface area contributed by atoms with E-state index in [1.807, 2.05) is 43.3 Å². The second-order valence-electron chi connectivity index (χ2n) is 7.62. The Kier molecular flexibility index (Phi) is 4.70. The largest absolute Gasteiger partial charge is 0.399 e. The molecule has 9 heteroatoms. The zero-order valence-corrected chi connectivity index (χ0v) is 17.6. The van der Waals surface area contributed by atoms with Crippen LogP contribution in [0.2, 0.25) is 0 Å². The molecule has 0 spiro atoms. The molecule has 5 aromatic rings. The van der Waals surface area contributed by atoms with E-state index >= 15 is 0 Å². The average molecular weight is 427 g/mol. The highest BCUT2D eigenvalue weighted by Crippen LogP contribution is 2.28. The summed E-state index contributed by atoms with van der Waals surface area (Å²) >= 11 is 0. The second kappa shape index (κ2) is 7.69. The quantitative estimate of drug-likeness (QED) is 0.315. The number of nitrogens with two attached hydrogens (primary N) is 1. The van der Waals surface area contributed by atoms with Crippen molar-refractivity contribution in [3.63, 3.8) is 0 Å². The number of fused-ring (bicyclic) bond motifs is 1. The van der Waals surface area contributed by atoms with Gasteiger partial charge in [-0.2, -0.15) is 4.98 Å². The monoisotopic (exact) mass is 427 g/mol. The molecule has 0 bridgehead atoms. The summed E-state index contributed by atoms with van der Waals surface area (Å²) in [5.41, 5.74) is 11.5. The zero-order valence-electron chi connectivity index (χ0n) is 17.6. The number of hydrogen-bond acceptors (Lipinski definition) is 6. The number of nitrogens with one attached hydrogen (secondary N) is 3. The summed E-state index contributed by atoms with van der Waals surface area (Å²) < 4.78 is 5.24. The number of aromatic amines is 2. The van der Waals surface area contributed by atoms with E-state index in [1.54, 1.807) is 19.1 Å². The third-order valence-corrected chi connectivity index (χ3v) is 5.18. The van der Waals surface area contributed by atoms with E-state index < -0.39 is 0 Å². The third kappa shape index (κ3) is 3.71. The van der Waals surface area contributed by atoms with E-state index in [1.165, 1.54) is 0 Å². The number of carbonyl (C=O) groups is 1. The normalized spacial score (nSPS) is 11.2. The van der Waals surface area contributed by atoms with E-state index in [0.717, 1.165) is 39.1 Å². The Morgan fingerprint density at radius 3 is 2.62 bits per heavy atom. The molecule has 0 aliphatic carbocycles. The first-order valence-corrected chi connectivity index (χ1v) is 10.1. The van der Waals surface area contributed by atoms with E-state index in [-0.39, 0.29) is 11.7 Å². The number of amides is 1. The minimum absolute atomic E-state index is 0.268. The van der Waals surface area contributed by atoms with Crippen LogP contribution in [0.5, 0.6) is 0 Å². The number of rotatable bonds is 5. The van der Waals surface area contributed by atoms with Gasteiger partial charge in [-0.15, -0.1) is 0 Å². The first-order chi connectivity index (χ1) is 15.5. The smallest absolute Gasteiger partial charge is 0.287 e. The molecule has 0 saturated carbocycles. The van der Waals surface area contributed by atoms with Crippen LogP contribution in [0.4, 0.5) is 5.69 Å². The van der Waals surface area contributed by atoms with Gasteiger partial charge in [0.1, 0.15) is 5.69 Å². The summed E-state index contributed by atoms with van der Waals surface area (Å²) in [4.78, 5) is 27.8. The fraction of sp³-hybridized carbons (Fsp3) is 0.130. The Bertz CT molecular complexity index is 1430. The van der Waals surface area contributed by atoms with Gasteiger partial charge in [0, 0.05) is 34.4 Å². The number of anilines is 1. The highest BCUT2D eigenvalue weighted by molar-refractivity contribution is 5.92. The first kappa shape index (κ1) is 19.6. The molecule has 0 radical (unpaired) electrons. The van der Waals surface area contributed by atoms with Gasteiger partial charge in [-0.05, 0) is 49.7 Å². The molecular weight excluding hydrogens is 406 g/mol. The number of aryl methyl sites for hydroxylation is 2. The van der Waals surface area contributed by atoms with Gasteiger partial charge in [0.05, 0.1) is 5.69 Å². The predicted octanol–water partition coefficient (Wildman–Crippen LogP) is 3.74. The molecule has 5 N–H and O–H groups in total. The van der Waals surface area contributed by atoms with Crippen LogP contribution in [0.3, 0.4) is 0 Å². The molecule has 32 heavy (non-hydrogen) atoms. The maximum atomic E-state index is 12.6. The summed E-state index contributed by atoms with van der Waals surface area (Å²) in [6, 6.07) is 15.3. The van der Waals surface area contributed by atoms with Crippen LogP contribution in [-0.4, -0.2) is 31.0 Å². The Morgan fingerprint density at radius 1 is 1.06 bits per heavy atom. The lowest BCUT2D eigenvalue weighted by Gasteiger charge is -2.03. The van der Waals surface area contributed by atoms with Crippen molar-refractivity contribution >= 4 is 22.5 Å². The van der Waals surface area contributed by atoms with Crippen LogP contribution in [0.15, 0.2) is 53.1 Å². The SMILES string of the molecule is Cc1noc(-c2cc3cc(-c4nc(C(=O)NCc5ccc(N)cc5)[nH]c4C)ccc3[nH]2)n1. The molecule has 160 valence electrons. The maximum absolute atomic E-state index is 12.6. The van der Waals surface area contributed by atoms with Crippen LogP contribution < -0.4 is 11.1 Å². The molecule has 9 nitrogen and oxygen atoms in total. The van der Waals surface area contributed by atoms with E-state index in [9.17, 15) is 4.79 Å². The number of nitrogen functional groups attached to an aromatic ring is 1. The lowest BCUT2D eigenvalue weighted by Crippen LogP contribution is -2.24. The summed E-state index contributed by atoms with van der Waals surface area (Å²) in [6.45, 7) is 4.06. The summed E-state index contributed by atoms with van der Waals surface area (Å²) in [6.07, 6.45) is 0. The van der Waals surface area contributed by atoms with Crippen molar-refractivity contribution in [2.45, 2.75) is 20.4 Å². The van der Waals surface area contributed by atoms with Crippen molar-refractivity contribution in [1.82, 2.24) is 30.4 Å². The van der Waals surface area contributed by atoms with Crippen molar-refractivity contribution in [3.8, 4) is 22.8 Å². The van der Waals surface area contributed by atoms with E-state index in [0.29, 0.717) is 23.9 Å². The van der Waals surface area contributed by atoms with Crippen LogP contribution in [-0.2, 0) is 6.54 Å². The lowest BCUT2D eigenvalue weighted by atomic mass is 10.1. The van der Waals surface area contributed by atoms with Gasteiger partial charge in [-0.25, -0.2) is 4.98 Å². The van der Waals surface area contributed by atoms with E-state index in [2.05, 4.69) is 30.4 Å². The number of imidazole rings is 1. The molecule has 0 aliphatic heterocycles. The van der Waals surface area contributed by atoms with Gasteiger partial charge in [0.25, 0.3) is 11.8 Å². The van der Waals surface area contributed by atoms with Gasteiger partial charge >= 0.3 is 0 Å². The second-order valence-corrected chi connectivity index (χ2v) is 7.62. The summed E-state index contributed by atoms with van der Waals surface area (Å²) in [5, 5.41) is 7.69. The zero-order chi connectivity index (χ0) is 22.2. The highest BCUT2D eigenvalue weighted by Gasteiger charge is 2.16. The molecule has 3 heterocycles. The molecular formula is C23H21N7O2. The first-order valence-electron chi connectivity index (χ1n) is 10.1. The van der Waals surface area contributed by atoms with Gasteiger partial charge in [0.2, 0.25) is 0 Å². The minimum atomic E-state index is -0.270. The molecule has 1 amide bonds. The molecule has 0 fully saturated rings. The Balaban J connectivity index is 1.37. The van der Waals surface area contributed by atoms with Crippen LogP contribution >= 0.6 is 0 Å². The van der Waals surface area contributed by atoms with Crippen molar-refractivity contribution in [2.24, 2.45) is 0 Å².